The van der Waals surface area contributed by atoms with Crippen LogP contribution < -0.4 is 4.72 Å². The molecule has 4 nitrogen and oxygen atoms in total. The Morgan fingerprint density at radius 2 is 1.86 bits per heavy atom. The topological polar surface area (TPSA) is 63.2 Å². The summed E-state index contributed by atoms with van der Waals surface area (Å²) < 4.78 is 52.1. The minimum Gasteiger partial charge on any atom is -0.274 e. The van der Waals surface area contributed by atoms with E-state index < -0.39 is 38.4 Å². The van der Waals surface area contributed by atoms with Crippen molar-refractivity contribution in [2.24, 2.45) is 5.92 Å². The SMILES string of the molecule is CC1=C(C)CC(C(=O)NS(=O)(=O)c2ccc(F)c(F)c2)CC1. The maximum atomic E-state index is 13.1. The molecule has 22 heavy (non-hydrogen) atoms. The van der Waals surface area contributed by atoms with Crippen LogP contribution in [-0.4, -0.2) is 14.3 Å². The second-order valence-corrected chi connectivity index (χ2v) is 7.23. The van der Waals surface area contributed by atoms with Crippen molar-refractivity contribution >= 4 is 15.9 Å². The standard InChI is InChI=1S/C15H17F2NO3S/c1-9-3-4-11(7-10(9)2)15(19)18-22(20,21)12-5-6-13(16)14(17)8-12/h5-6,8,11H,3-4,7H2,1-2H3,(H,18,19). The first-order valence-electron chi connectivity index (χ1n) is 6.87. The van der Waals surface area contributed by atoms with Crippen molar-refractivity contribution in [3.8, 4) is 0 Å². The van der Waals surface area contributed by atoms with E-state index in [2.05, 4.69) is 0 Å². The van der Waals surface area contributed by atoms with Gasteiger partial charge < -0.3 is 0 Å². The third kappa shape index (κ3) is 3.52. The molecule has 7 heteroatoms. The predicted molar refractivity (Wildman–Crippen MR) is 77.4 cm³/mol. The zero-order valence-corrected chi connectivity index (χ0v) is 13.1. The molecule has 1 unspecified atom stereocenters. The number of rotatable bonds is 3. The van der Waals surface area contributed by atoms with Gasteiger partial charge in [0.1, 0.15) is 0 Å². The third-order valence-electron chi connectivity index (χ3n) is 3.96. The number of allylic oxidation sites excluding steroid dienone is 2. The van der Waals surface area contributed by atoms with Gasteiger partial charge in [0.15, 0.2) is 11.6 Å². The quantitative estimate of drug-likeness (QED) is 0.867. The van der Waals surface area contributed by atoms with Crippen LogP contribution in [0.2, 0.25) is 0 Å². The van der Waals surface area contributed by atoms with Crippen LogP contribution in [0.3, 0.4) is 0 Å². The van der Waals surface area contributed by atoms with Crippen molar-refractivity contribution in [2.45, 2.75) is 38.0 Å². The van der Waals surface area contributed by atoms with Crippen LogP contribution in [0, 0.1) is 17.6 Å². The van der Waals surface area contributed by atoms with Crippen LogP contribution in [0.5, 0.6) is 0 Å². The highest BCUT2D eigenvalue weighted by Crippen LogP contribution is 2.29. The fourth-order valence-corrected chi connectivity index (χ4v) is 3.45. The summed E-state index contributed by atoms with van der Waals surface area (Å²) in [7, 11) is -4.20. The maximum absolute atomic E-state index is 13.1. The first-order valence-corrected chi connectivity index (χ1v) is 8.36. The van der Waals surface area contributed by atoms with Crippen molar-refractivity contribution < 1.29 is 22.0 Å². The lowest BCUT2D eigenvalue weighted by atomic mass is 9.85. The summed E-state index contributed by atoms with van der Waals surface area (Å²) in [5.74, 6) is -3.46. The van der Waals surface area contributed by atoms with Crippen molar-refractivity contribution in [3.05, 3.63) is 41.0 Å². The monoisotopic (exact) mass is 329 g/mol. The highest BCUT2D eigenvalue weighted by Gasteiger charge is 2.27. The lowest BCUT2D eigenvalue weighted by Gasteiger charge is -2.23. The van der Waals surface area contributed by atoms with E-state index in [1.165, 1.54) is 5.57 Å². The molecule has 1 amide bonds. The van der Waals surface area contributed by atoms with Gasteiger partial charge in [-0.3, -0.25) is 4.79 Å². The molecule has 0 bridgehead atoms. The van der Waals surface area contributed by atoms with Crippen LogP contribution in [0.1, 0.15) is 33.1 Å². The van der Waals surface area contributed by atoms with E-state index in [1.807, 2.05) is 18.6 Å². The molecule has 0 aliphatic heterocycles. The van der Waals surface area contributed by atoms with E-state index in [1.54, 1.807) is 0 Å². The molecule has 120 valence electrons. The van der Waals surface area contributed by atoms with E-state index >= 15 is 0 Å². The number of hydrogen-bond donors (Lipinski definition) is 1. The number of nitrogens with one attached hydrogen (secondary N) is 1. The maximum Gasteiger partial charge on any atom is 0.264 e. The van der Waals surface area contributed by atoms with Crippen molar-refractivity contribution in [2.75, 3.05) is 0 Å². The normalized spacial score (nSPS) is 19.2. The van der Waals surface area contributed by atoms with Gasteiger partial charge >= 0.3 is 0 Å². The summed E-state index contributed by atoms with van der Waals surface area (Å²) in [6.45, 7) is 3.90. The summed E-state index contributed by atoms with van der Waals surface area (Å²) in [4.78, 5) is 11.6. The fourth-order valence-electron chi connectivity index (χ4n) is 2.39. The molecular weight excluding hydrogens is 312 g/mol. The highest BCUT2D eigenvalue weighted by atomic mass is 32.2. The molecule has 0 aromatic heterocycles. The van der Waals surface area contributed by atoms with Crippen LogP contribution in [0.15, 0.2) is 34.2 Å². The van der Waals surface area contributed by atoms with Crippen LogP contribution in [0.25, 0.3) is 0 Å². The summed E-state index contributed by atoms with van der Waals surface area (Å²) in [5.41, 5.74) is 2.30. The van der Waals surface area contributed by atoms with E-state index in [0.29, 0.717) is 25.0 Å². The molecule has 1 atom stereocenters. The molecule has 0 spiro atoms. The Morgan fingerprint density at radius 3 is 2.45 bits per heavy atom. The second-order valence-electron chi connectivity index (χ2n) is 5.55. The largest absolute Gasteiger partial charge is 0.274 e. The van der Waals surface area contributed by atoms with Crippen molar-refractivity contribution in [3.63, 3.8) is 0 Å². The molecule has 0 saturated carbocycles. The molecule has 1 N–H and O–H groups in total. The number of halogens is 2. The number of hydrogen-bond acceptors (Lipinski definition) is 3. The van der Waals surface area contributed by atoms with Gasteiger partial charge in [0.2, 0.25) is 5.91 Å². The second kappa shape index (κ2) is 6.16. The fraction of sp³-hybridized carbons (Fsp3) is 0.400. The van der Waals surface area contributed by atoms with E-state index in [4.69, 9.17) is 0 Å². The summed E-state index contributed by atoms with van der Waals surface area (Å²) in [5, 5.41) is 0. The first-order chi connectivity index (χ1) is 10.2. The van der Waals surface area contributed by atoms with Gasteiger partial charge in [-0.25, -0.2) is 21.9 Å². The van der Waals surface area contributed by atoms with Crippen LogP contribution >= 0.6 is 0 Å². The molecule has 1 aliphatic carbocycles. The summed E-state index contributed by atoms with van der Waals surface area (Å²) in [6.07, 6.45) is 1.82. The zero-order chi connectivity index (χ0) is 16.5. The number of carbonyl (C=O) groups excluding carboxylic acids is 1. The molecule has 1 aromatic carbocycles. The molecule has 0 radical (unpaired) electrons. The molecule has 0 saturated heterocycles. The lowest BCUT2D eigenvalue weighted by molar-refractivity contribution is -0.123. The number of carbonyl (C=O) groups is 1. The zero-order valence-electron chi connectivity index (χ0n) is 12.3. The average molecular weight is 329 g/mol. The van der Waals surface area contributed by atoms with Crippen molar-refractivity contribution in [1.82, 2.24) is 4.72 Å². The number of benzene rings is 1. The van der Waals surface area contributed by atoms with Crippen molar-refractivity contribution in [1.29, 1.82) is 0 Å². The van der Waals surface area contributed by atoms with E-state index in [-0.39, 0.29) is 0 Å². The van der Waals surface area contributed by atoms with Gasteiger partial charge in [-0.2, -0.15) is 0 Å². The van der Waals surface area contributed by atoms with Gasteiger partial charge in [0.05, 0.1) is 4.90 Å². The van der Waals surface area contributed by atoms with Gasteiger partial charge in [-0.1, -0.05) is 11.1 Å². The predicted octanol–water partition coefficient (Wildman–Crippen LogP) is 2.91. The number of sulfonamides is 1. The minimum absolute atomic E-state index is 0.427. The molecule has 0 heterocycles. The molecular formula is C15H17F2NO3S. The van der Waals surface area contributed by atoms with Crippen LogP contribution in [0.4, 0.5) is 8.78 Å². The Balaban J connectivity index is 2.15. The molecule has 2 rings (SSSR count). The lowest BCUT2D eigenvalue weighted by Crippen LogP contribution is -2.36. The number of amides is 1. The Kier molecular flexibility index (Phi) is 4.65. The van der Waals surface area contributed by atoms with Gasteiger partial charge in [0, 0.05) is 5.92 Å². The third-order valence-corrected chi connectivity index (χ3v) is 5.30. The Hall–Kier alpha value is -1.76. The van der Waals surface area contributed by atoms with E-state index in [0.717, 1.165) is 18.1 Å². The Morgan fingerprint density at radius 1 is 1.18 bits per heavy atom. The van der Waals surface area contributed by atoms with E-state index in [9.17, 15) is 22.0 Å². The molecule has 1 aromatic rings. The molecule has 0 fully saturated rings. The summed E-state index contributed by atoms with van der Waals surface area (Å²) in [6, 6.07) is 2.19. The summed E-state index contributed by atoms with van der Waals surface area (Å²) >= 11 is 0. The van der Waals surface area contributed by atoms with Crippen LogP contribution in [-0.2, 0) is 14.8 Å². The van der Waals surface area contributed by atoms with Gasteiger partial charge in [-0.05, 0) is 51.3 Å². The Bertz CT molecular complexity index is 741. The smallest absolute Gasteiger partial charge is 0.264 e. The van der Waals surface area contributed by atoms with Gasteiger partial charge in [-0.15, -0.1) is 0 Å². The first kappa shape index (κ1) is 16.6. The van der Waals surface area contributed by atoms with Gasteiger partial charge in [0.25, 0.3) is 10.0 Å². The minimum atomic E-state index is -4.20. The highest BCUT2D eigenvalue weighted by molar-refractivity contribution is 7.90. The molecule has 1 aliphatic rings. The Labute approximate surface area is 128 Å². The average Bonchev–Trinajstić information content (AvgIpc) is 2.44.